The highest BCUT2D eigenvalue weighted by Gasteiger charge is 2.46. The van der Waals surface area contributed by atoms with E-state index in [0.717, 1.165) is 35.0 Å². The third kappa shape index (κ3) is 2.68. The largest absolute Gasteiger partial charge is 0.465 e. The number of rotatable bonds is 5. The zero-order valence-electron chi connectivity index (χ0n) is 14.2. The summed E-state index contributed by atoms with van der Waals surface area (Å²) in [7, 11) is 0. The lowest BCUT2D eigenvalue weighted by Gasteiger charge is -1.97. The molecule has 2 heterocycles. The van der Waals surface area contributed by atoms with E-state index in [1.165, 1.54) is 6.42 Å². The lowest BCUT2D eigenvalue weighted by molar-refractivity contribution is 0.375. The van der Waals surface area contributed by atoms with Gasteiger partial charge in [-0.15, -0.1) is 0 Å². The van der Waals surface area contributed by atoms with Crippen LogP contribution in [-0.2, 0) is 6.54 Å². The van der Waals surface area contributed by atoms with E-state index in [0.29, 0.717) is 30.1 Å². The zero-order chi connectivity index (χ0) is 17.0. The highest BCUT2D eigenvalue weighted by molar-refractivity contribution is 5.54. The van der Waals surface area contributed by atoms with Crippen molar-refractivity contribution in [1.29, 1.82) is 0 Å². The molecule has 3 aromatic rings. The predicted octanol–water partition coefficient (Wildman–Crippen LogP) is 4.18. The molecule has 2 aliphatic rings. The molecule has 5 heteroatoms. The second-order valence-corrected chi connectivity index (χ2v) is 7.37. The number of benzene rings is 1. The van der Waals surface area contributed by atoms with Gasteiger partial charge in [-0.3, -0.25) is 0 Å². The summed E-state index contributed by atoms with van der Waals surface area (Å²) in [5, 5.41) is 4.14. The Kier molecular flexibility index (Phi) is 3.31. The van der Waals surface area contributed by atoms with Gasteiger partial charge in [-0.05, 0) is 36.5 Å². The number of aromatic nitrogens is 2. The van der Waals surface area contributed by atoms with Crippen LogP contribution >= 0.6 is 0 Å². The highest BCUT2D eigenvalue weighted by Crippen LogP contribution is 2.56. The van der Waals surface area contributed by atoms with Crippen molar-refractivity contribution in [2.45, 2.75) is 44.1 Å². The van der Waals surface area contributed by atoms with Gasteiger partial charge in [0.25, 0.3) is 0 Å². The van der Waals surface area contributed by atoms with E-state index in [1.54, 1.807) is 0 Å². The minimum absolute atomic E-state index is 0.278. The molecule has 2 aromatic heterocycles. The van der Waals surface area contributed by atoms with Crippen LogP contribution in [0.2, 0.25) is 0 Å². The fourth-order valence-corrected chi connectivity index (χ4v) is 3.56. The van der Waals surface area contributed by atoms with Crippen LogP contribution in [0.1, 0.15) is 60.5 Å². The van der Waals surface area contributed by atoms with Crippen molar-refractivity contribution in [3.8, 4) is 11.4 Å². The van der Waals surface area contributed by atoms with Gasteiger partial charge in [0, 0.05) is 29.9 Å². The molecule has 0 aliphatic heterocycles. The Labute approximate surface area is 146 Å². The molecule has 5 rings (SSSR count). The Balaban J connectivity index is 1.30. The summed E-state index contributed by atoms with van der Waals surface area (Å²) in [5.74, 6) is 5.58. The molecule has 1 aromatic carbocycles. The summed E-state index contributed by atoms with van der Waals surface area (Å²) >= 11 is 0. The first-order valence-electron chi connectivity index (χ1n) is 8.95. The van der Waals surface area contributed by atoms with Crippen molar-refractivity contribution in [2.24, 2.45) is 11.7 Å². The van der Waals surface area contributed by atoms with Crippen molar-refractivity contribution in [3.63, 3.8) is 0 Å². The molecule has 0 spiro atoms. The molecular weight excluding hydrogens is 314 g/mol. The van der Waals surface area contributed by atoms with E-state index in [-0.39, 0.29) is 5.92 Å². The predicted molar refractivity (Wildman–Crippen MR) is 93.0 cm³/mol. The van der Waals surface area contributed by atoms with E-state index < -0.39 is 0 Å². The molecule has 4 atom stereocenters. The molecule has 4 unspecified atom stereocenters. The first kappa shape index (κ1) is 14.9. The molecule has 128 valence electrons. The van der Waals surface area contributed by atoms with Gasteiger partial charge in [-0.2, -0.15) is 4.98 Å². The van der Waals surface area contributed by atoms with Crippen molar-refractivity contribution in [3.05, 3.63) is 59.4 Å². The van der Waals surface area contributed by atoms with Gasteiger partial charge in [-0.25, -0.2) is 0 Å². The molecular formula is C20H21N3O2. The Bertz CT molecular complexity index is 896. The van der Waals surface area contributed by atoms with Crippen LogP contribution in [0.25, 0.3) is 11.4 Å². The molecule has 0 bridgehead atoms. The van der Waals surface area contributed by atoms with E-state index in [9.17, 15) is 0 Å². The van der Waals surface area contributed by atoms with Crippen molar-refractivity contribution < 1.29 is 8.94 Å². The number of nitrogens with two attached hydrogens (primary N) is 1. The van der Waals surface area contributed by atoms with Gasteiger partial charge < -0.3 is 14.7 Å². The van der Waals surface area contributed by atoms with E-state index in [4.69, 9.17) is 14.7 Å². The van der Waals surface area contributed by atoms with Crippen molar-refractivity contribution >= 4 is 0 Å². The quantitative estimate of drug-likeness (QED) is 0.756. The number of furan rings is 1. The zero-order valence-corrected chi connectivity index (χ0v) is 14.2. The summed E-state index contributed by atoms with van der Waals surface area (Å²) in [5.41, 5.74) is 7.68. The van der Waals surface area contributed by atoms with Gasteiger partial charge in [0.1, 0.15) is 11.5 Å². The fourth-order valence-electron chi connectivity index (χ4n) is 3.56. The van der Waals surface area contributed by atoms with Crippen LogP contribution in [0.5, 0.6) is 0 Å². The van der Waals surface area contributed by atoms with E-state index in [2.05, 4.69) is 29.2 Å². The molecule has 0 amide bonds. The Morgan fingerprint density at radius 3 is 2.40 bits per heavy atom. The molecule has 2 fully saturated rings. The molecule has 0 saturated heterocycles. The third-order valence-electron chi connectivity index (χ3n) is 5.49. The van der Waals surface area contributed by atoms with E-state index >= 15 is 0 Å². The summed E-state index contributed by atoms with van der Waals surface area (Å²) in [4.78, 5) is 4.59. The van der Waals surface area contributed by atoms with Gasteiger partial charge in [0.05, 0.1) is 0 Å². The first-order chi connectivity index (χ1) is 12.2. The van der Waals surface area contributed by atoms with Gasteiger partial charge in [0.2, 0.25) is 11.7 Å². The van der Waals surface area contributed by atoms with Gasteiger partial charge in [-0.1, -0.05) is 36.3 Å². The number of hydrogen-bond donors (Lipinski definition) is 1. The molecule has 2 aliphatic carbocycles. The minimum atomic E-state index is 0.278. The Morgan fingerprint density at radius 2 is 1.72 bits per heavy atom. The summed E-state index contributed by atoms with van der Waals surface area (Å²) in [6, 6.07) is 12.2. The normalized spacial score (nSPS) is 27.4. The monoisotopic (exact) mass is 335 g/mol. The lowest BCUT2D eigenvalue weighted by Crippen LogP contribution is -1.95. The maximum absolute atomic E-state index is 6.07. The smallest absolute Gasteiger partial charge is 0.230 e. The number of nitrogens with zero attached hydrogens (tertiary/aromatic N) is 2. The maximum Gasteiger partial charge on any atom is 0.230 e. The molecule has 25 heavy (non-hydrogen) atoms. The molecule has 2 N–H and O–H groups in total. The standard InChI is InChI=1S/C20H21N3O2/c1-11-8-14(11)17-6-7-18(24-17)15-9-16(15)20-22-19(23-25-20)13-4-2-12(10-21)3-5-13/h2-7,11,14-16H,8-10,21H2,1H3. The highest BCUT2D eigenvalue weighted by atomic mass is 16.5. The van der Waals surface area contributed by atoms with Crippen LogP contribution < -0.4 is 5.73 Å². The van der Waals surface area contributed by atoms with Crippen LogP contribution in [0, 0.1) is 5.92 Å². The molecule has 0 radical (unpaired) electrons. The topological polar surface area (TPSA) is 78.1 Å². The van der Waals surface area contributed by atoms with Crippen LogP contribution in [0.15, 0.2) is 45.3 Å². The molecule has 2 saturated carbocycles. The van der Waals surface area contributed by atoms with Crippen LogP contribution in [0.3, 0.4) is 0 Å². The van der Waals surface area contributed by atoms with Gasteiger partial charge >= 0.3 is 0 Å². The third-order valence-corrected chi connectivity index (χ3v) is 5.49. The second kappa shape index (κ2) is 5.56. The summed E-state index contributed by atoms with van der Waals surface area (Å²) in [6.07, 6.45) is 2.26. The Morgan fingerprint density at radius 1 is 1.00 bits per heavy atom. The fraction of sp³-hybridized carbons (Fsp3) is 0.400. The Hall–Kier alpha value is -2.40. The average molecular weight is 335 g/mol. The summed E-state index contributed by atoms with van der Waals surface area (Å²) < 4.78 is 11.6. The lowest BCUT2D eigenvalue weighted by atomic mass is 10.1. The molecule has 5 nitrogen and oxygen atoms in total. The number of hydrogen-bond acceptors (Lipinski definition) is 5. The van der Waals surface area contributed by atoms with Crippen LogP contribution in [0.4, 0.5) is 0 Å². The van der Waals surface area contributed by atoms with Crippen molar-refractivity contribution in [1.82, 2.24) is 10.1 Å². The summed E-state index contributed by atoms with van der Waals surface area (Å²) in [6.45, 7) is 2.80. The van der Waals surface area contributed by atoms with E-state index in [1.807, 2.05) is 24.3 Å². The van der Waals surface area contributed by atoms with Crippen LogP contribution in [-0.4, -0.2) is 10.1 Å². The van der Waals surface area contributed by atoms with Gasteiger partial charge in [0.15, 0.2) is 0 Å². The minimum Gasteiger partial charge on any atom is -0.465 e. The maximum atomic E-state index is 6.07. The average Bonchev–Trinajstić information content (AvgIpc) is 3.46. The SMILES string of the molecule is CC1CC1c1ccc(C2CC2c2nc(-c3ccc(CN)cc3)no2)o1. The first-order valence-corrected chi connectivity index (χ1v) is 8.95. The van der Waals surface area contributed by atoms with Crippen molar-refractivity contribution in [2.75, 3.05) is 0 Å². The second-order valence-electron chi connectivity index (χ2n) is 7.37.